The highest BCUT2D eigenvalue weighted by Gasteiger charge is 2.31. The van der Waals surface area contributed by atoms with Gasteiger partial charge in [0.1, 0.15) is 36.2 Å². The molecule has 0 spiro atoms. The van der Waals surface area contributed by atoms with Gasteiger partial charge in [-0.15, -0.1) is 0 Å². The summed E-state index contributed by atoms with van der Waals surface area (Å²) >= 11 is 0. The summed E-state index contributed by atoms with van der Waals surface area (Å²) in [5, 5.41) is 2.55. The van der Waals surface area contributed by atoms with Gasteiger partial charge >= 0.3 is 0 Å². The Morgan fingerprint density at radius 1 is 0.952 bits per heavy atom. The van der Waals surface area contributed by atoms with E-state index in [1.807, 2.05) is 0 Å². The summed E-state index contributed by atoms with van der Waals surface area (Å²) in [6, 6.07) is 12.9. The van der Waals surface area contributed by atoms with Gasteiger partial charge in [-0.3, -0.25) is 9.10 Å². The fourth-order valence-electron chi connectivity index (χ4n) is 4.47. The highest BCUT2D eigenvalue weighted by Crippen LogP contribution is 2.35. The number of sulfonamides is 2. The molecule has 2 aliphatic rings. The number of ether oxygens (including phenoxy) is 4. The predicted molar refractivity (Wildman–Crippen MR) is 150 cm³/mol. The number of nitrogens with zero attached hydrogens (tertiary/aromatic N) is 2. The average Bonchev–Trinajstić information content (AvgIpc) is 3.00. The topological polar surface area (TPSA) is 141 Å². The number of morpholine rings is 1. The molecule has 0 bridgehead atoms. The number of rotatable bonds is 9. The maximum absolute atomic E-state index is 14.2. The van der Waals surface area contributed by atoms with E-state index in [-0.39, 0.29) is 65.6 Å². The lowest BCUT2D eigenvalue weighted by Gasteiger charge is -2.27. The van der Waals surface area contributed by atoms with Gasteiger partial charge in [-0.2, -0.15) is 4.31 Å². The van der Waals surface area contributed by atoms with Crippen LogP contribution >= 0.6 is 0 Å². The summed E-state index contributed by atoms with van der Waals surface area (Å²) in [4.78, 5) is 12.9. The number of hydrogen-bond acceptors (Lipinski definition) is 9. The van der Waals surface area contributed by atoms with Gasteiger partial charge in [0.05, 0.1) is 30.9 Å². The van der Waals surface area contributed by atoms with E-state index in [0.717, 1.165) is 16.4 Å². The van der Waals surface area contributed by atoms with Crippen molar-refractivity contribution in [3.05, 3.63) is 66.5 Å². The second-order valence-corrected chi connectivity index (χ2v) is 13.0. The van der Waals surface area contributed by atoms with Gasteiger partial charge in [-0.25, -0.2) is 21.2 Å². The van der Waals surface area contributed by atoms with E-state index in [1.165, 1.54) is 59.9 Å². The normalized spacial score (nSPS) is 15.6. The monoisotopic (exact) mass is 621 g/mol. The zero-order chi connectivity index (χ0) is 29.9. The predicted octanol–water partition coefficient (Wildman–Crippen LogP) is 2.46. The molecular formula is C27H28FN3O9S2. The summed E-state index contributed by atoms with van der Waals surface area (Å²) in [7, 11) is -7.08. The van der Waals surface area contributed by atoms with E-state index < -0.39 is 38.3 Å². The highest BCUT2D eigenvalue weighted by atomic mass is 32.2. The van der Waals surface area contributed by atoms with Crippen LogP contribution in [0.3, 0.4) is 0 Å². The van der Waals surface area contributed by atoms with Crippen LogP contribution in [0.2, 0.25) is 0 Å². The van der Waals surface area contributed by atoms with Gasteiger partial charge in [0, 0.05) is 24.8 Å². The van der Waals surface area contributed by atoms with Gasteiger partial charge in [0.15, 0.2) is 11.5 Å². The first-order valence-electron chi connectivity index (χ1n) is 12.8. The third-order valence-corrected chi connectivity index (χ3v) is 10.2. The van der Waals surface area contributed by atoms with E-state index >= 15 is 0 Å². The fraction of sp³-hybridized carbons (Fsp3) is 0.296. The first-order valence-corrected chi connectivity index (χ1v) is 15.7. The van der Waals surface area contributed by atoms with E-state index in [1.54, 1.807) is 0 Å². The number of methoxy groups -OCH3 is 1. The number of hydrogen-bond donors (Lipinski definition) is 1. The molecule has 42 heavy (non-hydrogen) atoms. The van der Waals surface area contributed by atoms with Crippen LogP contribution in [-0.4, -0.2) is 80.2 Å². The molecule has 1 fully saturated rings. The molecule has 1 saturated heterocycles. The third-order valence-electron chi connectivity index (χ3n) is 6.52. The van der Waals surface area contributed by atoms with Crippen LogP contribution in [0.5, 0.6) is 17.2 Å². The highest BCUT2D eigenvalue weighted by molar-refractivity contribution is 7.92. The number of carbonyl (C=O) groups is 1. The molecule has 5 rings (SSSR count). The van der Waals surface area contributed by atoms with Crippen LogP contribution in [0.25, 0.3) is 0 Å². The van der Waals surface area contributed by atoms with Crippen molar-refractivity contribution >= 4 is 37.3 Å². The zero-order valence-corrected chi connectivity index (χ0v) is 24.1. The Kier molecular flexibility index (Phi) is 8.54. The second kappa shape index (κ2) is 12.1. The Morgan fingerprint density at radius 3 is 2.40 bits per heavy atom. The van der Waals surface area contributed by atoms with Crippen LogP contribution < -0.4 is 23.8 Å². The summed E-state index contributed by atoms with van der Waals surface area (Å²) < 4.78 is 91.9. The summed E-state index contributed by atoms with van der Waals surface area (Å²) in [6.07, 6.45) is 0. The summed E-state index contributed by atoms with van der Waals surface area (Å²) in [5.74, 6) is -0.846. The van der Waals surface area contributed by atoms with Gasteiger partial charge in [0.2, 0.25) is 15.9 Å². The number of halogens is 1. The molecule has 2 aliphatic heterocycles. The molecule has 15 heteroatoms. The van der Waals surface area contributed by atoms with Gasteiger partial charge in [-0.1, -0.05) is 6.07 Å². The van der Waals surface area contributed by atoms with E-state index in [2.05, 4.69) is 5.32 Å². The smallest absolute Gasteiger partial charge is 0.264 e. The first kappa shape index (κ1) is 29.6. The molecule has 0 aromatic heterocycles. The minimum Gasteiger partial charge on any atom is -0.495 e. The standard InChI is InChI=1S/C27H28FN3O9S2/c1-37-24-7-5-20(16-26(24)42(35,36)30-9-11-38-12-10-30)29-27(32)18-31(21-4-2-3-19(28)15-21)41(33,34)22-6-8-23-25(17-22)40-14-13-39-23/h2-8,15-17H,9-14,18H2,1H3,(H,29,32). The lowest BCUT2D eigenvalue weighted by atomic mass is 10.3. The second-order valence-electron chi connectivity index (χ2n) is 9.23. The lowest BCUT2D eigenvalue weighted by molar-refractivity contribution is -0.114. The van der Waals surface area contributed by atoms with Crippen molar-refractivity contribution < 1.29 is 45.0 Å². The molecule has 1 N–H and O–H groups in total. The molecule has 3 aromatic carbocycles. The largest absolute Gasteiger partial charge is 0.495 e. The minimum atomic E-state index is -4.41. The lowest BCUT2D eigenvalue weighted by Crippen LogP contribution is -2.40. The van der Waals surface area contributed by atoms with Gasteiger partial charge in [0.25, 0.3) is 10.0 Å². The molecule has 0 radical (unpaired) electrons. The van der Waals surface area contributed by atoms with E-state index in [9.17, 15) is 26.0 Å². The number of amides is 1. The Morgan fingerprint density at radius 2 is 1.69 bits per heavy atom. The van der Waals surface area contributed by atoms with Crippen molar-refractivity contribution in [2.24, 2.45) is 0 Å². The van der Waals surface area contributed by atoms with E-state index in [0.29, 0.717) is 12.4 Å². The number of fused-ring (bicyclic) bond motifs is 1. The molecule has 224 valence electrons. The fourth-order valence-corrected chi connectivity index (χ4v) is 7.49. The van der Waals surface area contributed by atoms with Crippen LogP contribution in [0, 0.1) is 5.82 Å². The van der Waals surface area contributed by atoms with Crippen LogP contribution in [-0.2, 0) is 29.6 Å². The average molecular weight is 622 g/mol. The van der Waals surface area contributed by atoms with Gasteiger partial charge < -0.3 is 24.3 Å². The summed E-state index contributed by atoms with van der Waals surface area (Å²) in [6.45, 7) is 0.590. The number of anilines is 2. The maximum Gasteiger partial charge on any atom is 0.264 e. The minimum absolute atomic E-state index is 0.0714. The number of benzene rings is 3. The van der Waals surface area contributed by atoms with Crippen molar-refractivity contribution in [3.8, 4) is 17.2 Å². The van der Waals surface area contributed by atoms with E-state index in [4.69, 9.17) is 18.9 Å². The van der Waals surface area contributed by atoms with Gasteiger partial charge in [-0.05, 0) is 48.5 Å². The summed E-state index contributed by atoms with van der Waals surface area (Å²) in [5.41, 5.74) is -0.00564. The maximum atomic E-state index is 14.2. The molecule has 0 saturated carbocycles. The molecule has 0 atom stereocenters. The van der Waals surface area contributed by atoms with Crippen molar-refractivity contribution in [1.82, 2.24) is 4.31 Å². The Labute approximate surface area is 242 Å². The Balaban J connectivity index is 1.44. The molecule has 2 heterocycles. The SMILES string of the molecule is COc1ccc(NC(=O)CN(c2cccc(F)c2)S(=O)(=O)c2ccc3c(c2)OCCO3)cc1S(=O)(=O)N1CCOCC1. The molecule has 3 aromatic rings. The molecule has 0 unspecified atom stereocenters. The molecule has 1 amide bonds. The van der Waals surface area contributed by atoms with Crippen LogP contribution in [0.4, 0.5) is 15.8 Å². The Hall–Kier alpha value is -3.92. The molecule has 12 nitrogen and oxygen atoms in total. The van der Waals surface area contributed by atoms with Crippen LogP contribution in [0.15, 0.2) is 70.5 Å². The van der Waals surface area contributed by atoms with Crippen molar-refractivity contribution in [2.45, 2.75) is 9.79 Å². The number of carbonyl (C=O) groups excluding carboxylic acids is 1. The molecule has 0 aliphatic carbocycles. The Bertz CT molecular complexity index is 1690. The number of nitrogens with one attached hydrogen (secondary N) is 1. The van der Waals surface area contributed by atoms with Crippen molar-refractivity contribution in [2.75, 3.05) is 62.8 Å². The zero-order valence-electron chi connectivity index (χ0n) is 22.5. The van der Waals surface area contributed by atoms with Crippen molar-refractivity contribution in [1.29, 1.82) is 0 Å². The molecular weight excluding hydrogens is 593 g/mol. The quantitative estimate of drug-likeness (QED) is 0.382. The first-order chi connectivity index (χ1) is 20.1. The third kappa shape index (κ3) is 6.13. The van der Waals surface area contributed by atoms with Crippen LogP contribution in [0.1, 0.15) is 0 Å². The van der Waals surface area contributed by atoms with Crippen molar-refractivity contribution in [3.63, 3.8) is 0 Å².